The van der Waals surface area contributed by atoms with E-state index in [2.05, 4.69) is 39.9 Å². The Bertz CT molecular complexity index is 660. The second kappa shape index (κ2) is 12.2. The molecule has 0 spiro atoms. The van der Waals surface area contributed by atoms with Crippen LogP contribution >= 0.6 is 0 Å². The van der Waals surface area contributed by atoms with E-state index < -0.39 is 6.43 Å². The zero-order valence-electron chi connectivity index (χ0n) is 17.8. The maximum Gasteiger partial charge on any atom is 0.251 e. The van der Waals surface area contributed by atoms with Gasteiger partial charge in [0.2, 0.25) is 0 Å². The molecule has 8 heteroatoms. The number of rotatable bonds is 8. The van der Waals surface area contributed by atoms with E-state index in [0.29, 0.717) is 26.2 Å². The average molecular weight is 425 g/mol. The number of benzene rings is 1. The lowest BCUT2D eigenvalue weighted by Crippen LogP contribution is -2.49. The van der Waals surface area contributed by atoms with Gasteiger partial charge in [-0.15, -0.1) is 0 Å². The van der Waals surface area contributed by atoms with Crippen LogP contribution in [-0.2, 0) is 22.6 Å². The Hall–Kier alpha value is -1.77. The summed E-state index contributed by atoms with van der Waals surface area (Å²) in [6.07, 6.45) is 1.63. The molecule has 2 fully saturated rings. The van der Waals surface area contributed by atoms with Crippen LogP contribution in [0.1, 0.15) is 36.8 Å². The van der Waals surface area contributed by atoms with Crippen molar-refractivity contribution in [1.29, 1.82) is 0 Å². The standard InChI is InChI=1S/C22H34F2N4O2/c1-25-22(27-19-5-9-28(10-6-19)15-21(23)24)26-14-17-3-2-4-18(13-17)16-30-20-7-11-29-12-8-20/h2-4,13,19-21H,5-12,14-16H2,1H3,(H2,25,26,27). The highest BCUT2D eigenvalue weighted by Gasteiger charge is 2.22. The van der Waals surface area contributed by atoms with E-state index in [4.69, 9.17) is 9.47 Å². The van der Waals surface area contributed by atoms with Crippen molar-refractivity contribution in [3.63, 3.8) is 0 Å². The maximum atomic E-state index is 12.5. The van der Waals surface area contributed by atoms with Crippen LogP contribution < -0.4 is 10.6 Å². The van der Waals surface area contributed by atoms with Gasteiger partial charge in [-0.2, -0.15) is 0 Å². The van der Waals surface area contributed by atoms with E-state index in [0.717, 1.165) is 56.0 Å². The Morgan fingerprint density at radius 2 is 1.93 bits per heavy atom. The van der Waals surface area contributed by atoms with Gasteiger partial charge in [0.05, 0.1) is 19.3 Å². The number of nitrogens with zero attached hydrogens (tertiary/aromatic N) is 2. The molecule has 0 atom stereocenters. The van der Waals surface area contributed by atoms with Gasteiger partial charge >= 0.3 is 0 Å². The van der Waals surface area contributed by atoms with Crippen molar-refractivity contribution in [3.8, 4) is 0 Å². The number of nitrogens with one attached hydrogen (secondary N) is 2. The van der Waals surface area contributed by atoms with Crippen molar-refractivity contribution in [1.82, 2.24) is 15.5 Å². The van der Waals surface area contributed by atoms with Crippen LogP contribution in [0.3, 0.4) is 0 Å². The Balaban J connectivity index is 1.40. The van der Waals surface area contributed by atoms with Gasteiger partial charge in [-0.1, -0.05) is 24.3 Å². The fourth-order valence-electron chi connectivity index (χ4n) is 3.91. The number of guanidine groups is 1. The first kappa shape index (κ1) is 22.9. The van der Waals surface area contributed by atoms with Crippen molar-refractivity contribution in [2.24, 2.45) is 4.99 Å². The highest BCUT2D eigenvalue weighted by atomic mass is 19.3. The topological polar surface area (TPSA) is 58.1 Å². The lowest BCUT2D eigenvalue weighted by atomic mass is 10.1. The fraction of sp³-hybridized carbons (Fsp3) is 0.682. The number of hydrogen-bond acceptors (Lipinski definition) is 4. The van der Waals surface area contributed by atoms with E-state index >= 15 is 0 Å². The van der Waals surface area contributed by atoms with Crippen molar-refractivity contribution >= 4 is 5.96 Å². The molecule has 0 aromatic heterocycles. The molecule has 6 nitrogen and oxygen atoms in total. The highest BCUT2D eigenvalue weighted by molar-refractivity contribution is 5.79. The Morgan fingerprint density at radius 3 is 2.63 bits per heavy atom. The Morgan fingerprint density at radius 1 is 1.20 bits per heavy atom. The zero-order valence-corrected chi connectivity index (χ0v) is 17.8. The lowest BCUT2D eigenvalue weighted by Gasteiger charge is -2.32. The summed E-state index contributed by atoms with van der Waals surface area (Å²) in [5.41, 5.74) is 2.33. The Labute approximate surface area is 178 Å². The van der Waals surface area contributed by atoms with Gasteiger partial charge < -0.3 is 20.1 Å². The molecule has 168 valence electrons. The zero-order chi connectivity index (χ0) is 21.2. The number of aliphatic imine (C=N–C) groups is 1. The predicted molar refractivity (Wildman–Crippen MR) is 114 cm³/mol. The van der Waals surface area contributed by atoms with Gasteiger partial charge in [-0.05, 0) is 36.8 Å². The molecule has 2 aliphatic rings. The summed E-state index contributed by atoms with van der Waals surface area (Å²) in [6, 6.07) is 8.63. The third kappa shape index (κ3) is 7.81. The number of alkyl halides is 2. The molecule has 0 amide bonds. The average Bonchev–Trinajstić information content (AvgIpc) is 2.77. The molecule has 0 unspecified atom stereocenters. The first-order chi connectivity index (χ1) is 14.6. The summed E-state index contributed by atoms with van der Waals surface area (Å²) in [4.78, 5) is 6.14. The van der Waals surface area contributed by atoms with E-state index in [1.54, 1.807) is 7.05 Å². The van der Waals surface area contributed by atoms with Gasteiger partial charge in [0.1, 0.15) is 0 Å². The van der Waals surface area contributed by atoms with Crippen LogP contribution in [0, 0.1) is 0 Å². The summed E-state index contributed by atoms with van der Waals surface area (Å²) in [6.45, 7) is 4.09. The molecule has 0 bridgehead atoms. The largest absolute Gasteiger partial charge is 0.381 e. The van der Waals surface area contributed by atoms with E-state index in [1.807, 2.05) is 4.90 Å². The van der Waals surface area contributed by atoms with Crippen molar-refractivity contribution in [2.75, 3.05) is 39.9 Å². The molecule has 2 aliphatic heterocycles. The number of piperidine rings is 1. The van der Waals surface area contributed by atoms with Crippen LogP contribution in [0.5, 0.6) is 0 Å². The molecule has 0 saturated carbocycles. The SMILES string of the molecule is CN=C(NCc1cccc(COC2CCOCC2)c1)NC1CCN(CC(F)F)CC1. The summed E-state index contributed by atoms with van der Waals surface area (Å²) in [5, 5.41) is 6.78. The molecular formula is C22H34F2N4O2. The molecule has 0 aliphatic carbocycles. The van der Waals surface area contributed by atoms with Crippen LogP contribution in [0.15, 0.2) is 29.3 Å². The van der Waals surface area contributed by atoms with Gasteiger partial charge in [0.15, 0.2) is 5.96 Å². The first-order valence-corrected chi connectivity index (χ1v) is 10.9. The number of hydrogen-bond donors (Lipinski definition) is 2. The monoisotopic (exact) mass is 424 g/mol. The quantitative estimate of drug-likeness (QED) is 0.497. The second-order valence-electron chi connectivity index (χ2n) is 7.98. The fourth-order valence-corrected chi connectivity index (χ4v) is 3.91. The number of likely N-dealkylation sites (tertiary alicyclic amines) is 1. The lowest BCUT2D eigenvalue weighted by molar-refractivity contribution is -0.0390. The van der Waals surface area contributed by atoms with E-state index in [9.17, 15) is 8.78 Å². The van der Waals surface area contributed by atoms with Crippen LogP contribution in [-0.4, -0.2) is 69.3 Å². The van der Waals surface area contributed by atoms with Crippen LogP contribution in [0.2, 0.25) is 0 Å². The van der Waals surface area contributed by atoms with Crippen LogP contribution in [0.4, 0.5) is 8.78 Å². The Kier molecular flexibility index (Phi) is 9.29. The molecule has 30 heavy (non-hydrogen) atoms. The molecule has 2 N–H and O–H groups in total. The second-order valence-corrected chi connectivity index (χ2v) is 7.98. The smallest absolute Gasteiger partial charge is 0.251 e. The predicted octanol–water partition coefficient (Wildman–Crippen LogP) is 2.78. The van der Waals surface area contributed by atoms with E-state index in [1.165, 1.54) is 0 Å². The van der Waals surface area contributed by atoms with E-state index in [-0.39, 0.29) is 18.7 Å². The first-order valence-electron chi connectivity index (χ1n) is 10.9. The maximum absolute atomic E-state index is 12.5. The molecule has 2 heterocycles. The van der Waals surface area contributed by atoms with Gasteiger partial charge in [-0.3, -0.25) is 9.89 Å². The molecule has 0 radical (unpaired) electrons. The number of halogens is 2. The molecule has 1 aromatic rings. The minimum atomic E-state index is -2.26. The van der Waals surface area contributed by atoms with Crippen molar-refractivity contribution in [2.45, 2.75) is 57.4 Å². The number of ether oxygens (including phenoxy) is 2. The molecule has 3 rings (SSSR count). The molecule has 1 aromatic carbocycles. The molecular weight excluding hydrogens is 390 g/mol. The third-order valence-electron chi connectivity index (χ3n) is 5.65. The minimum Gasteiger partial charge on any atom is -0.381 e. The summed E-state index contributed by atoms with van der Waals surface area (Å²) in [7, 11) is 1.75. The summed E-state index contributed by atoms with van der Waals surface area (Å²) >= 11 is 0. The van der Waals surface area contributed by atoms with Crippen molar-refractivity contribution in [3.05, 3.63) is 35.4 Å². The highest BCUT2D eigenvalue weighted by Crippen LogP contribution is 2.15. The third-order valence-corrected chi connectivity index (χ3v) is 5.65. The normalized spacial score (nSPS) is 19.9. The molecule has 2 saturated heterocycles. The van der Waals surface area contributed by atoms with Crippen molar-refractivity contribution < 1.29 is 18.3 Å². The summed E-state index contributed by atoms with van der Waals surface area (Å²) in [5.74, 6) is 0.742. The summed E-state index contributed by atoms with van der Waals surface area (Å²) < 4.78 is 36.4. The van der Waals surface area contributed by atoms with Gasteiger partial charge in [-0.25, -0.2) is 8.78 Å². The van der Waals surface area contributed by atoms with Crippen LogP contribution in [0.25, 0.3) is 0 Å². The van der Waals surface area contributed by atoms with Gasteiger partial charge in [0, 0.05) is 45.9 Å². The minimum absolute atomic E-state index is 0.131. The van der Waals surface area contributed by atoms with Gasteiger partial charge in [0.25, 0.3) is 6.43 Å².